The zero-order valence-electron chi connectivity index (χ0n) is 13.6. The Bertz CT molecular complexity index is 877. The Kier molecular flexibility index (Phi) is 4.38. The lowest BCUT2D eigenvalue weighted by atomic mass is 10.1. The van der Waals surface area contributed by atoms with Gasteiger partial charge in [0.05, 0.1) is 5.39 Å². The van der Waals surface area contributed by atoms with Crippen LogP contribution in [0, 0.1) is 0 Å². The Morgan fingerprint density at radius 2 is 1.71 bits per heavy atom. The van der Waals surface area contributed by atoms with E-state index in [9.17, 15) is 14.4 Å². The second-order valence-corrected chi connectivity index (χ2v) is 5.98. The van der Waals surface area contributed by atoms with E-state index in [0.29, 0.717) is 34.5 Å². The number of ketones is 2. The third kappa shape index (κ3) is 3.18. The molecule has 0 spiro atoms. The third-order valence-corrected chi connectivity index (χ3v) is 3.88. The van der Waals surface area contributed by atoms with E-state index < -0.39 is 0 Å². The van der Waals surface area contributed by atoms with E-state index in [4.69, 9.17) is 13.9 Å². The molecule has 0 saturated carbocycles. The van der Waals surface area contributed by atoms with Gasteiger partial charge in [0.15, 0.2) is 11.6 Å². The van der Waals surface area contributed by atoms with Gasteiger partial charge in [0.2, 0.25) is 0 Å². The smallest absolute Gasteiger partial charge is 0.339 e. The molecule has 0 bridgehead atoms. The summed E-state index contributed by atoms with van der Waals surface area (Å²) < 4.78 is 16.4. The number of Topliss-reactive ketones (excluding diaryl/α,β-unsaturated/α-hetero) is 2. The number of aryl methyl sites for hydroxylation is 1. The highest BCUT2D eigenvalue weighted by Gasteiger charge is 2.23. The molecule has 0 aliphatic heterocycles. The number of rotatable bonds is 6. The molecule has 2 aromatic rings. The lowest BCUT2D eigenvalue weighted by molar-refractivity contribution is -0.119. The van der Waals surface area contributed by atoms with Gasteiger partial charge in [-0.1, -0.05) is 0 Å². The maximum Gasteiger partial charge on any atom is 0.339 e. The maximum absolute atomic E-state index is 12.1. The molecule has 1 aliphatic carbocycles. The fourth-order valence-electron chi connectivity index (χ4n) is 2.91. The van der Waals surface area contributed by atoms with Crippen LogP contribution in [0.4, 0.5) is 0 Å². The molecule has 0 amide bonds. The Hall–Kier alpha value is -2.63. The van der Waals surface area contributed by atoms with E-state index in [1.54, 1.807) is 12.1 Å². The summed E-state index contributed by atoms with van der Waals surface area (Å²) in [6.45, 7) is 2.68. The molecule has 6 nitrogen and oxygen atoms in total. The molecule has 0 atom stereocenters. The topological polar surface area (TPSA) is 82.8 Å². The fourth-order valence-corrected chi connectivity index (χ4v) is 2.91. The van der Waals surface area contributed by atoms with Crippen molar-refractivity contribution in [3.63, 3.8) is 0 Å². The Morgan fingerprint density at radius 1 is 1.04 bits per heavy atom. The first-order chi connectivity index (χ1) is 11.5. The van der Waals surface area contributed by atoms with Crippen LogP contribution in [0.1, 0.15) is 31.4 Å². The average Bonchev–Trinajstić information content (AvgIpc) is 3.00. The number of carbonyl (C=O) groups is 2. The minimum atomic E-state index is -0.351. The minimum Gasteiger partial charge on any atom is -0.486 e. The summed E-state index contributed by atoms with van der Waals surface area (Å²) >= 11 is 0. The second kappa shape index (κ2) is 6.47. The standard InChI is InChI=1S/C18H18O6/c1-10(19)8-22-12-6-15(23-9-11(2)20)17-13-4-3-5-14(13)18(21)24-16(17)7-12/h6-7H,3-5,8-9H2,1-2H3. The van der Waals surface area contributed by atoms with Crippen molar-refractivity contribution in [1.82, 2.24) is 0 Å². The molecule has 1 aromatic heterocycles. The Balaban J connectivity index is 2.14. The molecule has 1 aromatic carbocycles. The molecule has 6 heteroatoms. The van der Waals surface area contributed by atoms with Crippen LogP contribution in [0.25, 0.3) is 11.0 Å². The molecule has 126 valence electrons. The number of carbonyl (C=O) groups excluding carboxylic acids is 2. The first-order valence-electron chi connectivity index (χ1n) is 7.83. The molecule has 0 fully saturated rings. The number of ether oxygens (including phenoxy) is 2. The molecule has 1 heterocycles. The zero-order chi connectivity index (χ0) is 17.3. The predicted octanol–water partition coefficient (Wildman–Crippen LogP) is 2.22. The van der Waals surface area contributed by atoms with Gasteiger partial charge in [0.1, 0.15) is 30.3 Å². The van der Waals surface area contributed by atoms with Crippen molar-refractivity contribution in [3.8, 4) is 11.5 Å². The van der Waals surface area contributed by atoms with E-state index in [1.165, 1.54) is 13.8 Å². The molecule has 3 rings (SSSR count). The van der Waals surface area contributed by atoms with Crippen LogP contribution in [0.15, 0.2) is 21.3 Å². The fraction of sp³-hybridized carbons (Fsp3) is 0.389. The molecule has 0 saturated heterocycles. The summed E-state index contributed by atoms with van der Waals surface area (Å²) in [5, 5.41) is 0.707. The number of fused-ring (bicyclic) bond motifs is 3. The van der Waals surface area contributed by atoms with E-state index in [2.05, 4.69) is 0 Å². The maximum atomic E-state index is 12.1. The van der Waals surface area contributed by atoms with Crippen molar-refractivity contribution in [1.29, 1.82) is 0 Å². The lowest BCUT2D eigenvalue weighted by Gasteiger charge is -2.13. The highest BCUT2D eigenvalue weighted by atomic mass is 16.5. The number of hydrogen-bond donors (Lipinski definition) is 0. The van der Waals surface area contributed by atoms with E-state index in [1.807, 2.05) is 0 Å². The van der Waals surface area contributed by atoms with Gasteiger partial charge in [-0.3, -0.25) is 9.59 Å². The quantitative estimate of drug-likeness (QED) is 0.755. The molecular formula is C18H18O6. The van der Waals surface area contributed by atoms with Crippen molar-refractivity contribution in [2.75, 3.05) is 13.2 Å². The van der Waals surface area contributed by atoms with Gasteiger partial charge in [-0.2, -0.15) is 0 Å². The van der Waals surface area contributed by atoms with Crippen LogP contribution in [-0.4, -0.2) is 24.8 Å². The van der Waals surface area contributed by atoms with Crippen LogP contribution in [0.2, 0.25) is 0 Å². The van der Waals surface area contributed by atoms with Crippen LogP contribution in [-0.2, 0) is 22.4 Å². The Morgan fingerprint density at radius 3 is 2.42 bits per heavy atom. The van der Waals surface area contributed by atoms with Crippen molar-refractivity contribution in [2.24, 2.45) is 0 Å². The van der Waals surface area contributed by atoms with Gasteiger partial charge in [0, 0.05) is 17.7 Å². The van der Waals surface area contributed by atoms with E-state index in [-0.39, 0.29) is 30.4 Å². The van der Waals surface area contributed by atoms with Gasteiger partial charge in [-0.05, 0) is 38.7 Å². The van der Waals surface area contributed by atoms with Crippen molar-refractivity contribution in [2.45, 2.75) is 33.1 Å². The molecule has 24 heavy (non-hydrogen) atoms. The lowest BCUT2D eigenvalue weighted by Crippen LogP contribution is -2.11. The highest BCUT2D eigenvalue weighted by molar-refractivity contribution is 5.90. The first kappa shape index (κ1) is 16.2. The van der Waals surface area contributed by atoms with Crippen molar-refractivity contribution >= 4 is 22.5 Å². The number of hydrogen-bond acceptors (Lipinski definition) is 6. The van der Waals surface area contributed by atoms with Gasteiger partial charge in [-0.25, -0.2) is 4.79 Å². The summed E-state index contributed by atoms with van der Waals surface area (Å²) in [4.78, 5) is 34.5. The minimum absolute atomic E-state index is 0.0842. The van der Waals surface area contributed by atoms with Crippen LogP contribution in [0.5, 0.6) is 11.5 Å². The summed E-state index contributed by atoms with van der Waals surface area (Å²) in [6, 6.07) is 3.21. The van der Waals surface area contributed by atoms with E-state index >= 15 is 0 Å². The van der Waals surface area contributed by atoms with Crippen molar-refractivity contribution in [3.05, 3.63) is 33.7 Å². The van der Waals surface area contributed by atoms with Crippen LogP contribution < -0.4 is 15.1 Å². The SMILES string of the molecule is CC(=O)COc1cc(OCC(C)=O)c2c3c(c(=O)oc2c1)CCC3. The summed E-state index contributed by atoms with van der Waals surface area (Å²) in [5.74, 6) is 0.546. The summed E-state index contributed by atoms with van der Waals surface area (Å²) in [7, 11) is 0. The van der Waals surface area contributed by atoms with Crippen LogP contribution in [0.3, 0.4) is 0 Å². The van der Waals surface area contributed by atoms with Gasteiger partial charge in [-0.15, -0.1) is 0 Å². The molecular weight excluding hydrogens is 312 g/mol. The monoisotopic (exact) mass is 330 g/mol. The molecule has 0 N–H and O–H groups in total. The first-order valence-corrected chi connectivity index (χ1v) is 7.83. The molecule has 1 aliphatic rings. The molecule has 0 radical (unpaired) electrons. The normalized spacial score (nSPS) is 12.9. The van der Waals surface area contributed by atoms with Gasteiger partial charge < -0.3 is 13.9 Å². The van der Waals surface area contributed by atoms with Gasteiger partial charge in [0.25, 0.3) is 0 Å². The largest absolute Gasteiger partial charge is 0.486 e. The number of benzene rings is 1. The molecule has 0 unspecified atom stereocenters. The van der Waals surface area contributed by atoms with Crippen LogP contribution >= 0.6 is 0 Å². The second-order valence-electron chi connectivity index (χ2n) is 5.98. The van der Waals surface area contributed by atoms with E-state index in [0.717, 1.165) is 18.4 Å². The predicted molar refractivity (Wildman–Crippen MR) is 86.9 cm³/mol. The summed E-state index contributed by atoms with van der Waals surface area (Å²) in [6.07, 6.45) is 2.33. The zero-order valence-corrected chi connectivity index (χ0v) is 13.6. The Labute approximate surface area is 138 Å². The highest BCUT2D eigenvalue weighted by Crippen LogP contribution is 2.37. The third-order valence-electron chi connectivity index (χ3n) is 3.88. The summed E-state index contributed by atoms with van der Waals surface area (Å²) in [5.41, 5.74) is 1.59. The van der Waals surface area contributed by atoms with Crippen molar-refractivity contribution < 1.29 is 23.5 Å². The average molecular weight is 330 g/mol. The van der Waals surface area contributed by atoms with Gasteiger partial charge >= 0.3 is 5.63 Å².